The van der Waals surface area contributed by atoms with Crippen molar-refractivity contribution in [1.82, 2.24) is 15.2 Å². The smallest absolute Gasteiger partial charge is 0.139 e. The number of halogens is 3. The maximum atomic E-state index is 6.16. The fraction of sp³-hybridized carbons (Fsp3) is 0.368. The molecule has 0 unspecified atom stereocenters. The van der Waals surface area contributed by atoms with Crippen molar-refractivity contribution in [2.24, 2.45) is 11.7 Å². The second-order valence-electron chi connectivity index (χ2n) is 7.18. The van der Waals surface area contributed by atoms with E-state index in [-0.39, 0.29) is 37.2 Å². The van der Waals surface area contributed by atoms with Gasteiger partial charge in [0.05, 0.1) is 29.4 Å². The van der Waals surface area contributed by atoms with Crippen molar-refractivity contribution < 1.29 is 4.74 Å². The van der Waals surface area contributed by atoms with Crippen molar-refractivity contribution in [2.75, 3.05) is 6.61 Å². The van der Waals surface area contributed by atoms with E-state index in [1.165, 1.54) is 12.8 Å². The van der Waals surface area contributed by atoms with E-state index < -0.39 is 5.54 Å². The van der Waals surface area contributed by atoms with Crippen LogP contribution in [0, 0.1) is 5.92 Å². The lowest BCUT2D eigenvalue weighted by atomic mass is 9.96. The number of nitrogens with two attached hydrogens (primary N) is 1. The van der Waals surface area contributed by atoms with Gasteiger partial charge in [-0.1, -0.05) is 6.07 Å². The standard InChI is InChI=1S/C19H22N4O.3ClH/c1-19(2,20)13-5-7-16(21-9-13)14-6-8-17-15(10-22-23-17)18(14)24-11-12-3-4-12;;;/h5-10,12H,3-4,11,20H2,1-2H3,(H,22,23);3*1H. The van der Waals surface area contributed by atoms with Crippen LogP contribution < -0.4 is 10.5 Å². The van der Waals surface area contributed by atoms with Crippen molar-refractivity contribution in [3.63, 3.8) is 0 Å². The van der Waals surface area contributed by atoms with E-state index in [1.807, 2.05) is 50.5 Å². The maximum Gasteiger partial charge on any atom is 0.139 e. The largest absolute Gasteiger partial charge is 0.492 e. The van der Waals surface area contributed by atoms with Gasteiger partial charge >= 0.3 is 0 Å². The molecule has 4 rings (SSSR count). The van der Waals surface area contributed by atoms with Crippen LogP contribution in [0.15, 0.2) is 36.7 Å². The fourth-order valence-corrected chi connectivity index (χ4v) is 2.77. The van der Waals surface area contributed by atoms with Crippen LogP contribution in [0.4, 0.5) is 0 Å². The number of fused-ring (bicyclic) bond motifs is 1. The molecule has 2 heterocycles. The van der Waals surface area contributed by atoms with E-state index >= 15 is 0 Å². The number of rotatable bonds is 5. The molecular formula is C19H25Cl3N4O. The summed E-state index contributed by atoms with van der Waals surface area (Å²) >= 11 is 0. The van der Waals surface area contributed by atoms with E-state index in [2.05, 4.69) is 15.2 Å². The van der Waals surface area contributed by atoms with Gasteiger partial charge in [-0.2, -0.15) is 5.10 Å². The first-order valence-corrected chi connectivity index (χ1v) is 8.37. The first kappa shape index (κ1) is 23.5. The SMILES string of the molecule is CC(C)(N)c1ccc(-c2ccc3[nH]ncc3c2OCC2CC2)nc1.Cl.Cl.Cl. The predicted molar refractivity (Wildman–Crippen MR) is 117 cm³/mol. The third-order valence-corrected chi connectivity index (χ3v) is 4.52. The molecule has 0 amide bonds. The van der Waals surface area contributed by atoms with Crippen LogP contribution in [0.3, 0.4) is 0 Å². The predicted octanol–water partition coefficient (Wildman–Crippen LogP) is 4.87. The van der Waals surface area contributed by atoms with Gasteiger partial charge in [-0.3, -0.25) is 10.1 Å². The number of nitrogens with zero attached hydrogens (tertiary/aromatic N) is 2. The van der Waals surface area contributed by atoms with E-state index in [1.54, 1.807) is 0 Å². The molecule has 5 nitrogen and oxygen atoms in total. The Bertz CT molecular complexity index is 871. The third kappa shape index (κ3) is 5.05. The molecule has 0 saturated heterocycles. The number of pyridine rings is 1. The molecule has 3 N–H and O–H groups in total. The van der Waals surface area contributed by atoms with Crippen molar-refractivity contribution in [3.8, 4) is 17.0 Å². The monoisotopic (exact) mass is 430 g/mol. The number of benzene rings is 1. The molecule has 148 valence electrons. The van der Waals surface area contributed by atoms with Crippen LogP contribution >= 0.6 is 37.2 Å². The molecule has 0 aliphatic heterocycles. The van der Waals surface area contributed by atoms with Crippen LogP contribution in [0.5, 0.6) is 5.75 Å². The molecule has 1 fully saturated rings. The summed E-state index contributed by atoms with van der Waals surface area (Å²) in [7, 11) is 0. The quantitative estimate of drug-likeness (QED) is 0.604. The van der Waals surface area contributed by atoms with Gasteiger partial charge in [0.15, 0.2) is 0 Å². The third-order valence-electron chi connectivity index (χ3n) is 4.52. The van der Waals surface area contributed by atoms with Gasteiger partial charge in [-0.05, 0) is 56.4 Å². The molecular weight excluding hydrogens is 407 g/mol. The first-order valence-electron chi connectivity index (χ1n) is 8.37. The lowest BCUT2D eigenvalue weighted by molar-refractivity contribution is 0.304. The number of hydrogen-bond donors (Lipinski definition) is 2. The summed E-state index contributed by atoms with van der Waals surface area (Å²) in [6.07, 6.45) is 6.18. The Labute approximate surface area is 177 Å². The van der Waals surface area contributed by atoms with E-state index in [0.717, 1.165) is 40.1 Å². The average Bonchev–Trinajstić information content (AvgIpc) is 3.26. The second-order valence-corrected chi connectivity index (χ2v) is 7.18. The molecule has 0 radical (unpaired) electrons. The highest BCUT2D eigenvalue weighted by Gasteiger charge is 2.24. The molecule has 27 heavy (non-hydrogen) atoms. The number of aromatic amines is 1. The Kier molecular flexibility index (Phi) is 7.93. The summed E-state index contributed by atoms with van der Waals surface area (Å²) in [5, 5.41) is 8.15. The van der Waals surface area contributed by atoms with Gasteiger partial charge in [0.25, 0.3) is 0 Å². The van der Waals surface area contributed by atoms with Crippen LogP contribution in [-0.2, 0) is 5.54 Å². The summed E-state index contributed by atoms with van der Waals surface area (Å²) < 4.78 is 6.16. The molecule has 1 aliphatic rings. The summed E-state index contributed by atoms with van der Waals surface area (Å²) in [5.74, 6) is 1.55. The molecule has 3 aromatic rings. The zero-order chi connectivity index (χ0) is 16.7. The number of H-pyrrole nitrogens is 1. The Morgan fingerprint density at radius 1 is 1.11 bits per heavy atom. The number of hydrogen-bond acceptors (Lipinski definition) is 4. The zero-order valence-corrected chi connectivity index (χ0v) is 17.7. The Morgan fingerprint density at radius 3 is 2.44 bits per heavy atom. The highest BCUT2D eigenvalue weighted by Crippen LogP contribution is 2.38. The molecule has 1 aromatic carbocycles. The molecule has 0 spiro atoms. The van der Waals surface area contributed by atoms with Gasteiger partial charge in [0, 0.05) is 17.3 Å². The fourth-order valence-electron chi connectivity index (χ4n) is 2.77. The zero-order valence-electron chi connectivity index (χ0n) is 15.3. The lowest BCUT2D eigenvalue weighted by Crippen LogP contribution is -2.28. The molecule has 0 bridgehead atoms. The van der Waals surface area contributed by atoms with Crippen LogP contribution in [0.1, 0.15) is 32.3 Å². The molecule has 1 saturated carbocycles. The number of ether oxygens (including phenoxy) is 1. The van der Waals surface area contributed by atoms with Gasteiger partial charge in [0.1, 0.15) is 5.75 Å². The van der Waals surface area contributed by atoms with Crippen molar-refractivity contribution >= 4 is 48.1 Å². The Hall–Kier alpha value is -1.53. The first-order chi connectivity index (χ1) is 11.5. The minimum atomic E-state index is -0.397. The van der Waals surface area contributed by atoms with Gasteiger partial charge in [-0.15, -0.1) is 37.2 Å². The average molecular weight is 432 g/mol. The maximum absolute atomic E-state index is 6.16. The summed E-state index contributed by atoms with van der Waals surface area (Å²) in [4.78, 5) is 4.62. The van der Waals surface area contributed by atoms with Crippen molar-refractivity contribution in [1.29, 1.82) is 0 Å². The molecule has 1 aliphatic carbocycles. The van der Waals surface area contributed by atoms with Crippen LogP contribution in [-0.4, -0.2) is 21.8 Å². The Balaban J connectivity index is 0.00000121. The van der Waals surface area contributed by atoms with Gasteiger partial charge in [0.2, 0.25) is 0 Å². The highest BCUT2D eigenvalue weighted by atomic mass is 35.5. The minimum Gasteiger partial charge on any atom is -0.492 e. The Morgan fingerprint density at radius 2 is 1.85 bits per heavy atom. The second kappa shape index (κ2) is 9.11. The minimum absolute atomic E-state index is 0. The van der Waals surface area contributed by atoms with Gasteiger partial charge < -0.3 is 10.5 Å². The van der Waals surface area contributed by atoms with Crippen LogP contribution in [0.25, 0.3) is 22.2 Å². The van der Waals surface area contributed by atoms with Gasteiger partial charge in [-0.25, -0.2) is 0 Å². The van der Waals surface area contributed by atoms with Crippen molar-refractivity contribution in [3.05, 3.63) is 42.2 Å². The topological polar surface area (TPSA) is 76.8 Å². The molecule has 0 atom stereocenters. The number of nitrogens with one attached hydrogen (secondary N) is 1. The van der Waals surface area contributed by atoms with E-state index in [9.17, 15) is 0 Å². The number of aromatic nitrogens is 3. The molecule has 8 heteroatoms. The van der Waals surface area contributed by atoms with Crippen LogP contribution in [0.2, 0.25) is 0 Å². The highest BCUT2D eigenvalue weighted by molar-refractivity contribution is 5.92. The summed E-state index contributed by atoms with van der Waals surface area (Å²) in [6.45, 7) is 4.71. The molecule has 2 aromatic heterocycles. The van der Waals surface area contributed by atoms with Crippen molar-refractivity contribution in [2.45, 2.75) is 32.2 Å². The van der Waals surface area contributed by atoms with E-state index in [0.29, 0.717) is 5.92 Å². The summed E-state index contributed by atoms with van der Waals surface area (Å²) in [6, 6.07) is 8.10. The summed E-state index contributed by atoms with van der Waals surface area (Å²) in [5.41, 5.74) is 9.61. The lowest BCUT2D eigenvalue weighted by Gasteiger charge is -2.19. The normalized spacial score (nSPS) is 13.3. The van der Waals surface area contributed by atoms with E-state index in [4.69, 9.17) is 10.5 Å².